The Morgan fingerprint density at radius 3 is 2.89 bits per heavy atom. The standard InChI is InChI=1S/C12H11ClN2O3/c1-18-11-3-2-8(6-10(11)13)15-9(4-5-14-15)7-12(16)17/h2-6H,7H2,1H3,(H,16,17). The maximum atomic E-state index is 10.7. The smallest absolute Gasteiger partial charge is 0.309 e. The summed E-state index contributed by atoms with van der Waals surface area (Å²) >= 11 is 6.02. The van der Waals surface area contributed by atoms with Gasteiger partial charge < -0.3 is 9.84 Å². The SMILES string of the molecule is COc1ccc(-n2nccc2CC(=O)O)cc1Cl. The Bertz CT molecular complexity index is 580. The molecule has 1 aromatic heterocycles. The van der Waals surface area contributed by atoms with Crippen LogP contribution in [-0.4, -0.2) is 28.0 Å². The molecule has 94 valence electrons. The van der Waals surface area contributed by atoms with Gasteiger partial charge in [-0.05, 0) is 24.3 Å². The van der Waals surface area contributed by atoms with Crippen LogP contribution in [0.1, 0.15) is 5.69 Å². The van der Waals surface area contributed by atoms with Crippen molar-refractivity contribution in [2.45, 2.75) is 6.42 Å². The largest absolute Gasteiger partial charge is 0.495 e. The van der Waals surface area contributed by atoms with Crippen molar-refractivity contribution in [2.75, 3.05) is 7.11 Å². The van der Waals surface area contributed by atoms with Crippen molar-refractivity contribution in [3.05, 3.63) is 41.2 Å². The molecule has 2 rings (SSSR count). The van der Waals surface area contributed by atoms with E-state index in [0.29, 0.717) is 22.2 Å². The molecule has 0 saturated heterocycles. The highest BCUT2D eigenvalue weighted by atomic mass is 35.5. The van der Waals surface area contributed by atoms with Crippen LogP contribution in [-0.2, 0) is 11.2 Å². The second kappa shape index (κ2) is 5.10. The van der Waals surface area contributed by atoms with Gasteiger partial charge in [-0.1, -0.05) is 11.6 Å². The molecule has 0 aliphatic carbocycles. The fraction of sp³-hybridized carbons (Fsp3) is 0.167. The van der Waals surface area contributed by atoms with Crippen LogP contribution < -0.4 is 4.74 Å². The molecule has 0 atom stereocenters. The fourth-order valence-electron chi connectivity index (χ4n) is 1.64. The Balaban J connectivity index is 2.40. The zero-order chi connectivity index (χ0) is 13.1. The van der Waals surface area contributed by atoms with Gasteiger partial charge in [0.2, 0.25) is 0 Å². The molecular formula is C12H11ClN2O3. The number of carboxylic acid groups (broad SMARTS) is 1. The number of aliphatic carboxylic acids is 1. The number of methoxy groups -OCH3 is 1. The molecule has 0 bridgehead atoms. The first kappa shape index (κ1) is 12.4. The first-order valence-corrected chi connectivity index (χ1v) is 5.58. The molecule has 0 spiro atoms. The maximum absolute atomic E-state index is 10.7. The van der Waals surface area contributed by atoms with Crippen LogP contribution in [0, 0.1) is 0 Å². The molecule has 0 unspecified atom stereocenters. The Morgan fingerprint density at radius 2 is 2.28 bits per heavy atom. The van der Waals surface area contributed by atoms with Crippen molar-refractivity contribution < 1.29 is 14.6 Å². The lowest BCUT2D eigenvalue weighted by molar-refractivity contribution is -0.136. The lowest BCUT2D eigenvalue weighted by Gasteiger charge is -2.08. The molecule has 0 saturated carbocycles. The van der Waals surface area contributed by atoms with Gasteiger partial charge in [-0.2, -0.15) is 5.10 Å². The summed E-state index contributed by atoms with van der Waals surface area (Å²) in [6, 6.07) is 6.82. The summed E-state index contributed by atoms with van der Waals surface area (Å²) in [5.41, 5.74) is 1.28. The van der Waals surface area contributed by atoms with Gasteiger partial charge in [-0.15, -0.1) is 0 Å². The minimum atomic E-state index is -0.906. The molecule has 0 amide bonds. The summed E-state index contributed by atoms with van der Waals surface area (Å²) in [6.07, 6.45) is 1.46. The molecule has 0 fully saturated rings. The zero-order valence-electron chi connectivity index (χ0n) is 9.63. The predicted molar refractivity (Wildman–Crippen MR) is 66.5 cm³/mol. The number of hydrogen-bond acceptors (Lipinski definition) is 3. The van der Waals surface area contributed by atoms with Gasteiger partial charge >= 0.3 is 5.97 Å². The van der Waals surface area contributed by atoms with Crippen molar-refractivity contribution in [3.8, 4) is 11.4 Å². The van der Waals surface area contributed by atoms with E-state index in [-0.39, 0.29) is 6.42 Å². The van der Waals surface area contributed by atoms with E-state index in [1.165, 1.54) is 7.11 Å². The monoisotopic (exact) mass is 266 g/mol. The predicted octanol–water partition coefficient (Wildman–Crippen LogP) is 2.16. The number of benzene rings is 1. The van der Waals surface area contributed by atoms with Crippen molar-refractivity contribution in [2.24, 2.45) is 0 Å². The van der Waals surface area contributed by atoms with Gasteiger partial charge in [0.15, 0.2) is 0 Å². The average Bonchev–Trinajstić information content (AvgIpc) is 2.76. The number of ether oxygens (including phenoxy) is 1. The quantitative estimate of drug-likeness (QED) is 0.921. The van der Waals surface area contributed by atoms with Crippen LogP contribution in [0.2, 0.25) is 5.02 Å². The number of rotatable bonds is 4. The van der Waals surface area contributed by atoms with Crippen LogP contribution >= 0.6 is 11.6 Å². The summed E-state index contributed by atoms with van der Waals surface area (Å²) in [7, 11) is 1.53. The minimum absolute atomic E-state index is 0.0936. The summed E-state index contributed by atoms with van der Waals surface area (Å²) in [5, 5.41) is 13.3. The Hall–Kier alpha value is -2.01. The van der Waals surface area contributed by atoms with Crippen molar-refractivity contribution >= 4 is 17.6 Å². The molecule has 0 aliphatic rings. The number of aromatic nitrogens is 2. The molecule has 6 heteroatoms. The van der Waals surface area contributed by atoms with Crippen LogP contribution in [0.5, 0.6) is 5.75 Å². The number of carbonyl (C=O) groups is 1. The first-order valence-electron chi connectivity index (χ1n) is 5.20. The van der Waals surface area contributed by atoms with Crippen LogP contribution in [0.4, 0.5) is 0 Å². The van der Waals surface area contributed by atoms with E-state index in [2.05, 4.69) is 5.10 Å². The number of nitrogens with zero attached hydrogens (tertiary/aromatic N) is 2. The molecule has 1 heterocycles. The average molecular weight is 267 g/mol. The van der Waals surface area contributed by atoms with E-state index in [4.69, 9.17) is 21.4 Å². The van der Waals surface area contributed by atoms with Crippen molar-refractivity contribution in [1.82, 2.24) is 9.78 Å². The number of carboxylic acids is 1. The Morgan fingerprint density at radius 1 is 1.50 bits per heavy atom. The second-order valence-corrected chi connectivity index (χ2v) is 4.03. The van der Waals surface area contributed by atoms with Gasteiger partial charge in [0.25, 0.3) is 0 Å². The highest BCUT2D eigenvalue weighted by molar-refractivity contribution is 6.32. The van der Waals surface area contributed by atoms with Gasteiger partial charge in [0.1, 0.15) is 5.75 Å². The lowest BCUT2D eigenvalue weighted by atomic mass is 10.2. The normalized spacial score (nSPS) is 10.3. The van der Waals surface area contributed by atoms with Crippen molar-refractivity contribution in [3.63, 3.8) is 0 Å². The number of hydrogen-bond donors (Lipinski definition) is 1. The third kappa shape index (κ3) is 2.46. The van der Waals surface area contributed by atoms with Gasteiger partial charge in [-0.25, -0.2) is 4.68 Å². The summed E-state index contributed by atoms with van der Waals surface area (Å²) in [6.45, 7) is 0. The maximum Gasteiger partial charge on any atom is 0.309 e. The molecule has 1 aromatic carbocycles. The topological polar surface area (TPSA) is 64.4 Å². The number of halogens is 1. The van der Waals surface area contributed by atoms with Crippen molar-refractivity contribution in [1.29, 1.82) is 0 Å². The van der Waals surface area contributed by atoms with E-state index in [9.17, 15) is 4.79 Å². The Labute approximate surface area is 109 Å². The van der Waals surface area contributed by atoms with E-state index < -0.39 is 5.97 Å². The minimum Gasteiger partial charge on any atom is -0.495 e. The molecular weight excluding hydrogens is 256 g/mol. The zero-order valence-corrected chi connectivity index (χ0v) is 10.4. The molecule has 0 aliphatic heterocycles. The summed E-state index contributed by atoms with van der Waals surface area (Å²) < 4.78 is 6.60. The first-order chi connectivity index (χ1) is 8.61. The van der Waals surface area contributed by atoms with E-state index >= 15 is 0 Å². The Kier molecular flexibility index (Phi) is 3.53. The van der Waals surface area contributed by atoms with Crippen LogP contribution in [0.3, 0.4) is 0 Å². The summed E-state index contributed by atoms with van der Waals surface area (Å²) in [5.74, 6) is -0.344. The second-order valence-electron chi connectivity index (χ2n) is 3.62. The molecule has 1 N–H and O–H groups in total. The molecule has 18 heavy (non-hydrogen) atoms. The van der Waals surface area contributed by atoms with E-state index in [1.807, 2.05) is 0 Å². The van der Waals surface area contributed by atoms with Gasteiger partial charge in [-0.3, -0.25) is 4.79 Å². The fourth-order valence-corrected chi connectivity index (χ4v) is 1.89. The molecule has 2 aromatic rings. The lowest BCUT2D eigenvalue weighted by Crippen LogP contribution is -2.07. The third-order valence-corrected chi connectivity index (χ3v) is 2.73. The molecule has 5 nitrogen and oxygen atoms in total. The van der Waals surface area contributed by atoms with E-state index in [1.54, 1.807) is 35.1 Å². The van der Waals surface area contributed by atoms with Gasteiger partial charge in [0.05, 0.1) is 29.9 Å². The molecule has 0 radical (unpaired) electrons. The van der Waals surface area contributed by atoms with Crippen LogP contribution in [0.25, 0.3) is 5.69 Å². The third-order valence-electron chi connectivity index (χ3n) is 2.43. The van der Waals surface area contributed by atoms with Gasteiger partial charge in [0, 0.05) is 6.20 Å². The van der Waals surface area contributed by atoms with E-state index in [0.717, 1.165) is 0 Å². The summed E-state index contributed by atoms with van der Waals surface area (Å²) in [4.78, 5) is 10.7. The van der Waals surface area contributed by atoms with Crippen LogP contribution in [0.15, 0.2) is 30.5 Å². The highest BCUT2D eigenvalue weighted by Crippen LogP contribution is 2.26. The highest BCUT2D eigenvalue weighted by Gasteiger charge is 2.10.